The number of nitrogens with zero attached hydrogens (tertiary/aromatic N) is 2. The number of rotatable bonds is 10. The van der Waals surface area contributed by atoms with Crippen LogP contribution in [-0.2, 0) is 19.5 Å². The maximum atomic E-state index is 12.9. The summed E-state index contributed by atoms with van der Waals surface area (Å²) in [4.78, 5) is 21.9. The van der Waals surface area contributed by atoms with Gasteiger partial charge in [-0.05, 0) is 31.4 Å². The summed E-state index contributed by atoms with van der Waals surface area (Å²) < 4.78 is 37.5. The first-order chi connectivity index (χ1) is 17.1. The van der Waals surface area contributed by atoms with Crippen LogP contribution >= 0.6 is 0 Å². The van der Waals surface area contributed by atoms with Crippen LogP contribution in [0.3, 0.4) is 0 Å². The molecule has 0 radical (unpaired) electrons. The van der Waals surface area contributed by atoms with E-state index in [4.69, 9.17) is 9.47 Å². The van der Waals surface area contributed by atoms with E-state index in [1.165, 1.54) is 34.1 Å². The van der Waals surface area contributed by atoms with E-state index in [1.54, 1.807) is 0 Å². The molecule has 0 bridgehead atoms. The van der Waals surface area contributed by atoms with Crippen molar-refractivity contribution in [3.63, 3.8) is 0 Å². The van der Waals surface area contributed by atoms with Crippen LogP contribution in [0.5, 0.6) is 0 Å². The molecule has 0 spiro atoms. The molecule has 198 valence electrons. The van der Waals surface area contributed by atoms with E-state index in [0.29, 0.717) is 32.6 Å². The molecule has 3 rings (SSSR count). The van der Waals surface area contributed by atoms with E-state index in [2.05, 4.69) is 24.4 Å². The average molecular weight is 522 g/mol. The van der Waals surface area contributed by atoms with Crippen LogP contribution in [0.15, 0.2) is 59.5 Å². The van der Waals surface area contributed by atoms with Crippen molar-refractivity contribution in [2.24, 2.45) is 5.92 Å². The molecule has 36 heavy (non-hydrogen) atoms. The van der Waals surface area contributed by atoms with Gasteiger partial charge in [0.05, 0.1) is 23.0 Å². The Kier molecular flexibility index (Phi) is 11.8. The zero-order chi connectivity index (χ0) is 26.6. The number of hydrogen-bond donors (Lipinski definition) is 1. The molecular weight excluding hydrogens is 486 g/mol. The van der Waals surface area contributed by atoms with Crippen LogP contribution in [0.25, 0.3) is 0 Å². The molecule has 1 aliphatic rings. The third-order valence-electron chi connectivity index (χ3n) is 5.21. The lowest BCUT2D eigenvalue weighted by molar-refractivity contribution is -0.384. The second-order valence-corrected chi connectivity index (χ2v) is 10.8. The van der Waals surface area contributed by atoms with E-state index < -0.39 is 21.0 Å². The largest absolute Gasteiger partial charge is 0.444 e. The van der Waals surface area contributed by atoms with E-state index in [9.17, 15) is 23.3 Å². The number of ether oxygens (including phenoxy) is 2. The number of benzene rings is 2. The molecule has 2 aromatic carbocycles. The van der Waals surface area contributed by atoms with Crippen molar-refractivity contribution < 1.29 is 27.6 Å². The van der Waals surface area contributed by atoms with Gasteiger partial charge in [-0.15, -0.1) is 0 Å². The Bertz CT molecular complexity index is 1050. The molecule has 1 amide bonds. The smallest absolute Gasteiger partial charge is 0.407 e. The number of sulfonamides is 1. The molecule has 1 N–H and O–H groups in total. The highest BCUT2D eigenvalue weighted by Gasteiger charge is 2.26. The standard InChI is InChI=1S/C18H27N3O7S.C7H8/c1-14(2)12-20(10-3-9-19-18(22)28-16-8-11-27-13-16)29(25,26)17-6-4-15(5-7-17)21(23)24;1-7-5-3-2-4-6-7/h4-7,14,16H,3,8-13H2,1-2H3,(H,19,22);2-6H,1H3. The zero-order valence-electron chi connectivity index (χ0n) is 21.0. The van der Waals surface area contributed by atoms with Gasteiger partial charge in [0, 0.05) is 38.2 Å². The fraction of sp³-hybridized carbons (Fsp3) is 0.480. The van der Waals surface area contributed by atoms with Crippen molar-refractivity contribution in [2.45, 2.75) is 44.6 Å². The molecule has 1 saturated heterocycles. The van der Waals surface area contributed by atoms with E-state index in [0.717, 1.165) is 0 Å². The number of nitro benzene ring substituents is 1. The van der Waals surface area contributed by atoms with Gasteiger partial charge in [0.1, 0.15) is 6.10 Å². The van der Waals surface area contributed by atoms with Crippen molar-refractivity contribution in [1.29, 1.82) is 0 Å². The predicted octanol–water partition coefficient (Wildman–Crippen LogP) is 4.14. The summed E-state index contributed by atoms with van der Waals surface area (Å²) in [6.07, 6.45) is 0.280. The van der Waals surface area contributed by atoms with Crippen LogP contribution in [0, 0.1) is 23.0 Å². The Morgan fingerprint density at radius 1 is 1.19 bits per heavy atom. The summed E-state index contributed by atoms with van der Waals surface area (Å²) >= 11 is 0. The number of nitrogens with one attached hydrogen (secondary N) is 1. The summed E-state index contributed by atoms with van der Waals surface area (Å²) in [7, 11) is -3.81. The molecule has 10 nitrogen and oxygen atoms in total. The highest BCUT2D eigenvalue weighted by molar-refractivity contribution is 7.89. The predicted molar refractivity (Wildman–Crippen MR) is 136 cm³/mol. The van der Waals surface area contributed by atoms with Crippen molar-refractivity contribution >= 4 is 21.8 Å². The van der Waals surface area contributed by atoms with Gasteiger partial charge in [-0.1, -0.05) is 49.7 Å². The molecule has 1 aliphatic heterocycles. The van der Waals surface area contributed by atoms with Gasteiger partial charge >= 0.3 is 6.09 Å². The molecule has 11 heteroatoms. The van der Waals surface area contributed by atoms with Crippen LogP contribution in [0.2, 0.25) is 0 Å². The fourth-order valence-corrected chi connectivity index (χ4v) is 5.03. The summed E-state index contributed by atoms with van der Waals surface area (Å²) in [6, 6.07) is 15.1. The molecule has 1 unspecified atom stereocenters. The first-order valence-corrected chi connectivity index (χ1v) is 13.3. The number of non-ortho nitro benzene ring substituents is 1. The maximum absolute atomic E-state index is 12.9. The number of alkyl carbamates (subject to hydrolysis) is 1. The summed E-state index contributed by atoms with van der Waals surface area (Å²) in [5.74, 6) is 0.0862. The van der Waals surface area contributed by atoms with Gasteiger partial charge in [0.2, 0.25) is 10.0 Å². The molecule has 1 atom stereocenters. The maximum Gasteiger partial charge on any atom is 0.407 e. The molecule has 0 aromatic heterocycles. The third kappa shape index (κ3) is 9.92. The minimum Gasteiger partial charge on any atom is -0.444 e. The Hall–Kier alpha value is -3.02. The van der Waals surface area contributed by atoms with Crippen molar-refractivity contribution in [1.82, 2.24) is 9.62 Å². The van der Waals surface area contributed by atoms with Crippen LogP contribution in [0.1, 0.15) is 32.3 Å². The SMILES string of the molecule is CC(C)CN(CCCNC(=O)OC1CCOC1)S(=O)(=O)c1ccc([N+](=O)[O-])cc1.Cc1ccccc1. The first kappa shape index (κ1) is 29.2. The third-order valence-corrected chi connectivity index (χ3v) is 7.09. The van der Waals surface area contributed by atoms with Crippen LogP contribution < -0.4 is 5.32 Å². The van der Waals surface area contributed by atoms with Gasteiger partial charge in [-0.2, -0.15) is 4.31 Å². The normalized spacial score (nSPS) is 15.3. The molecular formula is C25H35N3O7S. The van der Waals surface area contributed by atoms with E-state index in [1.807, 2.05) is 32.0 Å². The van der Waals surface area contributed by atoms with Gasteiger partial charge < -0.3 is 14.8 Å². The number of carbonyl (C=O) groups is 1. The van der Waals surface area contributed by atoms with Crippen molar-refractivity contribution in [2.75, 3.05) is 32.8 Å². The van der Waals surface area contributed by atoms with Gasteiger partial charge in [-0.25, -0.2) is 13.2 Å². The fourth-order valence-electron chi connectivity index (χ4n) is 3.38. The highest BCUT2D eigenvalue weighted by atomic mass is 32.2. The lowest BCUT2D eigenvalue weighted by Gasteiger charge is -2.24. The number of hydrogen-bond acceptors (Lipinski definition) is 7. The molecule has 2 aromatic rings. The molecule has 1 fully saturated rings. The van der Waals surface area contributed by atoms with Gasteiger partial charge in [0.15, 0.2) is 0 Å². The Morgan fingerprint density at radius 2 is 1.86 bits per heavy atom. The van der Waals surface area contributed by atoms with Crippen LogP contribution in [-0.4, -0.2) is 62.7 Å². The lowest BCUT2D eigenvalue weighted by Crippen LogP contribution is -2.37. The van der Waals surface area contributed by atoms with Crippen molar-refractivity contribution in [3.05, 3.63) is 70.3 Å². The monoisotopic (exact) mass is 521 g/mol. The van der Waals surface area contributed by atoms with E-state index >= 15 is 0 Å². The van der Waals surface area contributed by atoms with Gasteiger partial charge in [-0.3, -0.25) is 10.1 Å². The highest BCUT2D eigenvalue weighted by Crippen LogP contribution is 2.21. The Morgan fingerprint density at radius 3 is 2.36 bits per heavy atom. The Balaban J connectivity index is 0.000000558. The zero-order valence-corrected chi connectivity index (χ0v) is 21.8. The molecule has 1 heterocycles. The number of nitro groups is 1. The molecule has 0 saturated carbocycles. The molecule has 0 aliphatic carbocycles. The number of carbonyl (C=O) groups excluding carboxylic acids is 1. The quantitative estimate of drug-likeness (QED) is 0.283. The topological polar surface area (TPSA) is 128 Å². The van der Waals surface area contributed by atoms with Gasteiger partial charge in [0.25, 0.3) is 5.69 Å². The number of aryl methyl sites for hydroxylation is 1. The second-order valence-electron chi connectivity index (χ2n) is 8.83. The minimum absolute atomic E-state index is 0.00245. The van der Waals surface area contributed by atoms with Crippen molar-refractivity contribution in [3.8, 4) is 0 Å². The Labute approximate surface area is 212 Å². The second kappa shape index (κ2) is 14.5. The summed E-state index contributed by atoms with van der Waals surface area (Å²) in [5.41, 5.74) is 1.15. The first-order valence-electron chi connectivity index (χ1n) is 11.9. The van der Waals surface area contributed by atoms with Crippen LogP contribution in [0.4, 0.5) is 10.5 Å². The minimum atomic E-state index is -3.81. The lowest BCUT2D eigenvalue weighted by atomic mass is 10.2. The number of amides is 1. The van der Waals surface area contributed by atoms with E-state index in [-0.39, 0.29) is 35.7 Å². The summed E-state index contributed by atoms with van der Waals surface area (Å²) in [6.45, 7) is 7.60. The average Bonchev–Trinajstić information content (AvgIpc) is 3.34. The summed E-state index contributed by atoms with van der Waals surface area (Å²) in [5, 5.41) is 13.4.